The maximum Gasteiger partial charge on any atom is 0.407 e. The van der Waals surface area contributed by atoms with Crippen molar-refractivity contribution < 1.29 is 33.8 Å². The number of methoxy groups -OCH3 is 1. The average molecular weight is 554 g/mol. The van der Waals surface area contributed by atoms with Crippen LogP contribution in [0.25, 0.3) is 0 Å². The van der Waals surface area contributed by atoms with Crippen LogP contribution in [0.4, 0.5) is 10.5 Å². The zero-order chi connectivity index (χ0) is 29.3. The molecule has 0 fully saturated rings. The number of carboxylic acid groups (broad SMARTS) is 1. The maximum atomic E-state index is 13.5. The van der Waals surface area contributed by atoms with E-state index in [1.54, 1.807) is 18.1 Å². The highest BCUT2D eigenvalue weighted by atomic mass is 16.6. The smallest absolute Gasteiger partial charge is 0.407 e. The van der Waals surface area contributed by atoms with Crippen LogP contribution in [0.15, 0.2) is 42.5 Å². The summed E-state index contributed by atoms with van der Waals surface area (Å²) in [5, 5.41) is 11.9. The minimum absolute atomic E-state index is 0.0510. The minimum atomic E-state index is -1.03. The third-order valence-electron chi connectivity index (χ3n) is 6.40. The number of benzene rings is 2. The Labute approximate surface area is 235 Å². The molecule has 1 aliphatic heterocycles. The van der Waals surface area contributed by atoms with Gasteiger partial charge in [-0.25, -0.2) is 4.79 Å². The average Bonchev–Trinajstić information content (AvgIpc) is 2.99. The highest BCUT2D eigenvalue weighted by molar-refractivity contribution is 6.09. The minimum Gasteiger partial charge on any atom is -0.497 e. The van der Waals surface area contributed by atoms with E-state index < -0.39 is 17.7 Å². The third-order valence-corrected chi connectivity index (χ3v) is 6.40. The number of hydrogen-bond acceptors (Lipinski definition) is 6. The van der Waals surface area contributed by atoms with Crippen LogP contribution >= 0.6 is 0 Å². The van der Waals surface area contributed by atoms with Crippen molar-refractivity contribution in [2.45, 2.75) is 65.0 Å². The summed E-state index contributed by atoms with van der Waals surface area (Å²) in [7, 11) is 1.58. The maximum absolute atomic E-state index is 13.5. The predicted molar refractivity (Wildman–Crippen MR) is 151 cm³/mol. The molecule has 2 N–H and O–H groups in total. The summed E-state index contributed by atoms with van der Waals surface area (Å²) in [5.41, 5.74) is 2.17. The van der Waals surface area contributed by atoms with E-state index in [0.29, 0.717) is 30.0 Å². The molecule has 0 bridgehead atoms. The molecule has 2 aromatic rings. The number of carbonyl (C=O) groups excluding carboxylic acids is 3. The van der Waals surface area contributed by atoms with Crippen LogP contribution in [-0.2, 0) is 27.3 Å². The van der Waals surface area contributed by atoms with Gasteiger partial charge in [-0.3, -0.25) is 14.4 Å². The summed E-state index contributed by atoms with van der Waals surface area (Å²) in [6.07, 6.45) is 2.54. The molecule has 0 spiro atoms. The van der Waals surface area contributed by atoms with E-state index in [2.05, 4.69) is 5.32 Å². The molecule has 10 nitrogen and oxygen atoms in total. The summed E-state index contributed by atoms with van der Waals surface area (Å²) < 4.78 is 10.5. The topological polar surface area (TPSA) is 125 Å². The molecule has 10 heteroatoms. The molecule has 0 atom stereocenters. The normalized spacial score (nSPS) is 13.5. The number of amides is 3. The van der Waals surface area contributed by atoms with Gasteiger partial charge in [-0.05, 0) is 75.4 Å². The quantitative estimate of drug-likeness (QED) is 0.373. The second kappa shape index (κ2) is 13.8. The first-order chi connectivity index (χ1) is 19.0. The van der Waals surface area contributed by atoms with Gasteiger partial charge in [0.1, 0.15) is 17.9 Å². The van der Waals surface area contributed by atoms with Crippen molar-refractivity contribution in [3.8, 4) is 5.75 Å². The van der Waals surface area contributed by atoms with Crippen LogP contribution in [0.3, 0.4) is 0 Å². The molecule has 0 unspecified atom stereocenters. The highest BCUT2D eigenvalue weighted by Crippen LogP contribution is 2.29. The number of aryl methyl sites for hydroxylation is 1. The number of carbonyl (C=O) groups is 4. The van der Waals surface area contributed by atoms with Gasteiger partial charge in [0, 0.05) is 13.1 Å². The summed E-state index contributed by atoms with van der Waals surface area (Å²) in [6.45, 7) is 5.98. The zero-order valence-electron chi connectivity index (χ0n) is 23.7. The molecule has 0 aliphatic carbocycles. The first-order valence-electron chi connectivity index (χ1n) is 13.5. The van der Waals surface area contributed by atoms with Gasteiger partial charge in [0.25, 0.3) is 5.91 Å². The van der Waals surface area contributed by atoms with Crippen molar-refractivity contribution in [2.75, 3.05) is 31.6 Å². The number of rotatable bonds is 12. The van der Waals surface area contributed by atoms with Crippen LogP contribution in [0.1, 0.15) is 67.9 Å². The molecule has 1 aliphatic rings. The molecule has 1 heterocycles. The molecular weight excluding hydrogens is 514 g/mol. The zero-order valence-corrected chi connectivity index (χ0v) is 23.7. The Hall–Kier alpha value is -4.08. The van der Waals surface area contributed by atoms with Crippen molar-refractivity contribution >= 4 is 29.6 Å². The number of aliphatic carboxylic acids is 1. The van der Waals surface area contributed by atoms with E-state index in [1.165, 1.54) is 4.90 Å². The Bertz CT molecular complexity index is 1200. The predicted octanol–water partition coefficient (Wildman–Crippen LogP) is 4.40. The van der Waals surface area contributed by atoms with Gasteiger partial charge in [-0.2, -0.15) is 0 Å². The number of nitrogens with one attached hydrogen (secondary N) is 1. The SMILES string of the molecule is COc1ccc(CN2C(=O)CN(CCC(=O)O)C(=O)c3cc(CCCCCNC(=O)OC(C)(C)C)ccc32)cc1. The lowest BCUT2D eigenvalue weighted by atomic mass is 10.0. The Morgan fingerprint density at radius 2 is 1.70 bits per heavy atom. The van der Waals surface area contributed by atoms with Gasteiger partial charge in [0.05, 0.1) is 31.3 Å². The molecule has 0 saturated heterocycles. The molecule has 0 saturated carbocycles. The Morgan fingerprint density at radius 3 is 2.35 bits per heavy atom. The highest BCUT2D eigenvalue weighted by Gasteiger charge is 2.32. The Balaban J connectivity index is 1.71. The molecule has 2 aromatic carbocycles. The number of nitrogens with zero attached hydrogens (tertiary/aromatic N) is 2. The summed E-state index contributed by atoms with van der Waals surface area (Å²) >= 11 is 0. The molecule has 3 amide bonds. The molecular formula is C30H39N3O7. The Kier molecular flexibility index (Phi) is 10.5. The van der Waals surface area contributed by atoms with Gasteiger partial charge in [0.15, 0.2) is 0 Å². The Morgan fingerprint density at radius 1 is 1.00 bits per heavy atom. The number of anilines is 1. The van der Waals surface area contributed by atoms with Crippen molar-refractivity contribution in [1.29, 1.82) is 0 Å². The fraction of sp³-hybridized carbons (Fsp3) is 0.467. The van der Waals surface area contributed by atoms with E-state index in [9.17, 15) is 19.2 Å². The van der Waals surface area contributed by atoms with Crippen LogP contribution in [0.5, 0.6) is 5.75 Å². The lowest BCUT2D eigenvalue weighted by molar-refractivity contribution is -0.137. The molecule has 0 radical (unpaired) electrons. The number of alkyl carbamates (subject to hydrolysis) is 1. The van der Waals surface area contributed by atoms with Gasteiger partial charge in [0.2, 0.25) is 5.91 Å². The number of ether oxygens (including phenoxy) is 2. The standard InChI is InChI=1S/C30H39N3O7/c1-30(2,3)40-29(38)31-16-7-5-6-8-21-11-14-25-24(18-21)28(37)32(17-15-27(35)36)20-26(34)33(25)19-22-9-12-23(39-4)13-10-22/h9-14,18H,5-8,15-17,19-20H2,1-4H3,(H,31,38)(H,35,36). The van der Waals surface area contributed by atoms with Crippen LogP contribution < -0.4 is 15.0 Å². The van der Waals surface area contributed by atoms with E-state index >= 15 is 0 Å². The number of unbranched alkanes of at least 4 members (excludes halogenated alkanes) is 2. The van der Waals surface area contributed by atoms with Gasteiger partial charge in [-0.1, -0.05) is 24.6 Å². The van der Waals surface area contributed by atoms with Crippen LogP contribution in [0, 0.1) is 0 Å². The molecule has 0 aromatic heterocycles. The summed E-state index contributed by atoms with van der Waals surface area (Å²) in [6, 6.07) is 12.9. The van der Waals surface area contributed by atoms with Gasteiger partial charge >= 0.3 is 12.1 Å². The summed E-state index contributed by atoms with van der Waals surface area (Å²) in [5.74, 6) is -0.967. The molecule has 3 rings (SSSR count). The number of carboxylic acids is 1. The van der Waals surface area contributed by atoms with Crippen molar-refractivity contribution in [3.05, 3.63) is 59.2 Å². The number of fused-ring (bicyclic) bond motifs is 1. The second-order valence-electron chi connectivity index (χ2n) is 10.8. The van der Waals surface area contributed by atoms with Crippen molar-refractivity contribution in [1.82, 2.24) is 10.2 Å². The first kappa shape index (κ1) is 30.5. The number of hydrogen-bond donors (Lipinski definition) is 2. The van der Waals surface area contributed by atoms with Gasteiger partial charge < -0.3 is 29.7 Å². The van der Waals surface area contributed by atoms with Crippen LogP contribution in [0.2, 0.25) is 0 Å². The van der Waals surface area contributed by atoms with Crippen LogP contribution in [-0.4, -0.2) is 66.2 Å². The van der Waals surface area contributed by atoms with Gasteiger partial charge in [-0.15, -0.1) is 0 Å². The first-order valence-corrected chi connectivity index (χ1v) is 13.5. The summed E-state index contributed by atoms with van der Waals surface area (Å²) in [4.78, 5) is 52.7. The molecule has 40 heavy (non-hydrogen) atoms. The molecule has 216 valence electrons. The van der Waals surface area contributed by atoms with E-state index in [4.69, 9.17) is 14.6 Å². The van der Waals surface area contributed by atoms with E-state index in [0.717, 1.165) is 30.4 Å². The largest absolute Gasteiger partial charge is 0.497 e. The lowest BCUT2D eigenvalue weighted by Gasteiger charge is -2.23. The van der Waals surface area contributed by atoms with Crippen molar-refractivity contribution in [2.24, 2.45) is 0 Å². The third kappa shape index (κ3) is 9.00. The van der Waals surface area contributed by atoms with E-state index in [1.807, 2.05) is 57.2 Å². The fourth-order valence-electron chi connectivity index (χ4n) is 4.40. The second-order valence-corrected chi connectivity index (χ2v) is 10.8. The van der Waals surface area contributed by atoms with Crippen molar-refractivity contribution in [3.63, 3.8) is 0 Å². The fourth-order valence-corrected chi connectivity index (χ4v) is 4.40. The van der Waals surface area contributed by atoms with E-state index in [-0.39, 0.29) is 37.9 Å². The monoisotopic (exact) mass is 553 g/mol. The lowest BCUT2D eigenvalue weighted by Crippen LogP contribution is -2.40.